The van der Waals surface area contributed by atoms with E-state index < -0.39 is 144 Å². The zero-order valence-electron chi connectivity index (χ0n) is 38.2. The van der Waals surface area contributed by atoms with Crippen molar-refractivity contribution in [2.45, 2.75) is 107 Å². The van der Waals surface area contributed by atoms with Gasteiger partial charge >= 0.3 is 18.3 Å². The van der Waals surface area contributed by atoms with Gasteiger partial charge in [-0.2, -0.15) is 45.3 Å². The molecule has 1 N–H and O–H groups in total. The molecule has 71 heavy (non-hydrogen) atoms. The number of nitrogens with zero attached hydrogens (tertiary/aromatic N) is 6. The number of anilines is 1. The Labute approximate surface area is 404 Å². The Morgan fingerprint density at radius 1 is 0.958 bits per heavy atom. The SMILES string of the molecule is CCCC(=O)OCN(c1nn(CC(F)(F)F)c2c(-c3ccc(CCC(C)(C)S(C)(=O)=O)nc3[C@H](Cc3cc(F)cc(F)c3)NC(=O)Cn3nc(C(F)(F)F)c4c3C(F)(F)[C@@H]3CC43)ccc(Cl)c12)S(C)(=O)=O. The first kappa shape index (κ1) is 53.3. The van der Waals surface area contributed by atoms with E-state index in [2.05, 4.69) is 15.5 Å². The van der Waals surface area contributed by atoms with Gasteiger partial charge in [0, 0.05) is 47.0 Å². The molecule has 0 spiro atoms. The van der Waals surface area contributed by atoms with Crippen molar-refractivity contribution in [3.05, 3.63) is 93.0 Å². The summed E-state index contributed by atoms with van der Waals surface area (Å²) in [5, 5.41) is 9.11. The first-order chi connectivity index (χ1) is 32.7. The third-order valence-corrected chi connectivity index (χ3v) is 16.0. The van der Waals surface area contributed by atoms with Crippen LogP contribution in [0.4, 0.5) is 49.7 Å². The van der Waals surface area contributed by atoms with Crippen molar-refractivity contribution >= 4 is 60.1 Å². The van der Waals surface area contributed by atoms with Crippen molar-refractivity contribution in [3.63, 3.8) is 0 Å². The summed E-state index contributed by atoms with van der Waals surface area (Å²) >= 11 is 6.66. The van der Waals surface area contributed by atoms with Crippen molar-refractivity contribution < 1.29 is 75.1 Å². The number of fused-ring (bicyclic) bond motifs is 4. The van der Waals surface area contributed by atoms with Gasteiger partial charge in [-0.1, -0.05) is 30.7 Å². The molecule has 7 rings (SSSR count). The van der Waals surface area contributed by atoms with Crippen LogP contribution in [0.1, 0.15) is 92.3 Å². The van der Waals surface area contributed by atoms with E-state index >= 15 is 8.78 Å². The molecule has 1 fully saturated rings. The number of hydrogen-bond donors (Lipinski definition) is 1. The first-order valence-electron chi connectivity index (χ1n) is 21.6. The maximum Gasteiger partial charge on any atom is 0.435 e. The number of carbonyl (C=O) groups excluding carboxylic acids is 2. The number of halogens is 11. The van der Waals surface area contributed by atoms with Gasteiger partial charge in [0.25, 0.3) is 5.92 Å². The fourth-order valence-electron chi connectivity index (χ4n) is 8.57. The van der Waals surface area contributed by atoms with Crippen LogP contribution in [0, 0.1) is 17.6 Å². The van der Waals surface area contributed by atoms with E-state index in [1.807, 2.05) is 0 Å². The number of sulfone groups is 1. The lowest BCUT2D eigenvalue weighted by molar-refractivity contribution is -0.143. The highest BCUT2D eigenvalue weighted by atomic mass is 35.5. The van der Waals surface area contributed by atoms with E-state index in [-0.39, 0.29) is 69.9 Å². The number of esters is 1. The second-order valence-electron chi connectivity index (χ2n) is 18.1. The molecule has 1 amide bonds. The summed E-state index contributed by atoms with van der Waals surface area (Å²) in [6, 6.07) is 5.47. The number of sulfonamides is 1. The van der Waals surface area contributed by atoms with Gasteiger partial charge in [0.15, 0.2) is 28.1 Å². The standard InChI is InChI=1S/C44H44ClF10N7O7S2/c1-6-7-33(64)69-21-62(71(5,67)68)40-35-30(45)11-10-27(37(35)61(59-40)20-42(48,49)50)26-9-8-25(12-13-41(2,3)70(4,65)66)56-36(26)31(16-22-14-23(46)17-24(47)15-22)57-32(63)19-60-39-34(38(58-60)44(53,54)55)28-18-29(28)43(39,51)52/h8-11,14-15,17,28-29,31H,6-7,12-13,16,18-21H2,1-5H3,(H,57,63)/t28?,29-,31+/m1/s1. The molecule has 3 aromatic heterocycles. The molecule has 27 heteroatoms. The molecular formula is C44H44ClF10N7O7S2. The Morgan fingerprint density at radius 2 is 1.61 bits per heavy atom. The molecule has 0 bridgehead atoms. The Kier molecular flexibility index (Phi) is 14.1. The Balaban J connectivity index is 1.45. The molecule has 2 aliphatic carbocycles. The Morgan fingerprint density at radius 3 is 2.20 bits per heavy atom. The minimum absolute atomic E-state index is 0.0792. The van der Waals surface area contributed by atoms with Crippen LogP contribution in [0.15, 0.2) is 42.5 Å². The number of alkyl halides is 8. The van der Waals surface area contributed by atoms with Gasteiger partial charge < -0.3 is 10.1 Å². The summed E-state index contributed by atoms with van der Waals surface area (Å²) in [5.41, 5.74) is -4.89. The quantitative estimate of drug-likeness (QED) is 0.0507. The summed E-state index contributed by atoms with van der Waals surface area (Å²) in [4.78, 5) is 31.3. The second kappa shape index (κ2) is 18.8. The largest absolute Gasteiger partial charge is 0.443 e. The van der Waals surface area contributed by atoms with Crippen molar-refractivity contribution in [2.75, 3.05) is 23.5 Å². The number of rotatable bonds is 18. The number of hydrogen-bond acceptors (Lipinski definition) is 10. The second-order valence-corrected chi connectivity index (χ2v) is 23.1. The van der Waals surface area contributed by atoms with Crippen LogP contribution in [0.25, 0.3) is 22.0 Å². The van der Waals surface area contributed by atoms with Crippen LogP contribution in [0.5, 0.6) is 0 Å². The Bertz CT molecular complexity index is 3140. The normalized spacial score (nSPS) is 17.2. The summed E-state index contributed by atoms with van der Waals surface area (Å²) < 4.78 is 204. The van der Waals surface area contributed by atoms with Gasteiger partial charge in [-0.25, -0.2) is 29.9 Å². The van der Waals surface area contributed by atoms with Gasteiger partial charge in [-0.15, -0.1) is 0 Å². The zero-order chi connectivity index (χ0) is 52.6. The molecule has 0 aliphatic heterocycles. The molecule has 3 heterocycles. The van der Waals surface area contributed by atoms with Gasteiger partial charge in [0.05, 0.1) is 38.7 Å². The molecule has 5 aromatic rings. The van der Waals surface area contributed by atoms with Crippen LogP contribution < -0.4 is 9.62 Å². The van der Waals surface area contributed by atoms with Crippen molar-refractivity contribution in [1.29, 1.82) is 0 Å². The molecule has 1 saturated carbocycles. The smallest absolute Gasteiger partial charge is 0.435 e. The number of carbonyl (C=O) groups is 2. The molecule has 3 atom stereocenters. The summed E-state index contributed by atoms with van der Waals surface area (Å²) in [6.45, 7) is 0.262. The maximum absolute atomic E-state index is 15.6. The molecule has 2 aliphatic rings. The van der Waals surface area contributed by atoms with Gasteiger partial charge in [-0.3, -0.25) is 23.9 Å². The number of aryl methyl sites for hydroxylation is 1. The number of ether oxygens (including phenoxy) is 1. The fourth-order valence-corrected chi connectivity index (χ4v) is 9.97. The molecule has 386 valence electrons. The average Bonchev–Trinajstić information content (AvgIpc) is 3.73. The third kappa shape index (κ3) is 11.1. The van der Waals surface area contributed by atoms with Gasteiger partial charge in [0.2, 0.25) is 15.9 Å². The monoisotopic (exact) mass is 1070 g/mol. The van der Waals surface area contributed by atoms with E-state index in [0.717, 1.165) is 24.5 Å². The lowest BCUT2D eigenvalue weighted by Gasteiger charge is -2.25. The van der Waals surface area contributed by atoms with E-state index in [9.17, 15) is 61.5 Å². The number of aromatic nitrogens is 5. The fraction of sp³-hybridized carbons (Fsp3) is 0.477. The Hall–Kier alpha value is -5.50. The van der Waals surface area contributed by atoms with Gasteiger partial charge in [-0.05, 0) is 81.7 Å². The van der Waals surface area contributed by atoms with Gasteiger partial charge in [0.1, 0.15) is 30.4 Å². The van der Waals surface area contributed by atoms with E-state index in [1.165, 1.54) is 32.0 Å². The number of pyridine rings is 1. The molecule has 0 saturated heterocycles. The number of amides is 1. The highest BCUT2D eigenvalue weighted by Crippen LogP contribution is 2.68. The minimum Gasteiger partial charge on any atom is -0.443 e. The first-order valence-corrected chi connectivity index (χ1v) is 25.7. The van der Waals surface area contributed by atoms with E-state index in [0.29, 0.717) is 21.3 Å². The third-order valence-electron chi connectivity index (χ3n) is 12.4. The average molecular weight is 1070 g/mol. The summed E-state index contributed by atoms with van der Waals surface area (Å²) in [7, 11) is -8.26. The topological polar surface area (TPSA) is 175 Å². The van der Waals surface area contributed by atoms with Crippen LogP contribution in [0.3, 0.4) is 0 Å². The van der Waals surface area contributed by atoms with Crippen molar-refractivity contribution in [3.8, 4) is 11.1 Å². The van der Waals surface area contributed by atoms with Crippen LogP contribution in [-0.4, -0.2) is 83.4 Å². The number of nitrogens with one attached hydrogen (secondary N) is 1. The van der Waals surface area contributed by atoms with E-state index in [1.54, 1.807) is 6.92 Å². The van der Waals surface area contributed by atoms with E-state index in [4.69, 9.17) is 21.3 Å². The maximum atomic E-state index is 15.6. The van der Waals surface area contributed by atoms with Crippen LogP contribution in [0.2, 0.25) is 5.02 Å². The zero-order valence-corrected chi connectivity index (χ0v) is 40.5. The predicted octanol–water partition coefficient (Wildman–Crippen LogP) is 8.94. The van der Waals surface area contributed by atoms with Crippen molar-refractivity contribution in [1.82, 2.24) is 29.9 Å². The predicted molar refractivity (Wildman–Crippen MR) is 237 cm³/mol. The number of benzene rings is 2. The molecule has 14 nitrogen and oxygen atoms in total. The highest BCUT2D eigenvalue weighted by molar-refractivity contribution is 7.92. The van der Waals surface area contributed by atoms with Crippen LogP contribution >= 0.6 is 11.6 Å². The van der Waals surface area contributed by atoms with Crippen LogP contribution in [-0.2, 0) is 72.2 Å². The highest BCUT2D eigenvalue weighted by Gasteiger charge is 2.68. The molecule has 0 radical (unpaired) electrons. The van der Waals surface area contributed by atoms with Crippen molar-refractivity contribution in [2.24, 2.45) is 5.92 Å². The lowest BCUT2D eigenvalue weighted by Crippen LogP contribution is -2.35. The summed E-state index contributed by atoms with van der Waals surface area (Å²) in [5.74, 6) is -11.6. The molecular weight excluding hydrogens is 1030 g/mol. The molecule has 2 aromatic carbocycles. The molecule has 1 unspecified atom stereocenters. The summed E-state index contributed by atoms with van der Waals surface area (Å²) in [6.07, 6.45) is -9.60. The minimum atomic E-state index is -5.20. The lowest BCUT2D eigenvalue weighted by atomic mass is 9.93.